The normalized spacial score (nSPS) is 11.6. The van der Waals surface area contributed by atoms with Crippen LogP contribution < -0.4 is 5.32 Å². The highest BCUT2D eigenvalue weighted by Crippen LogP contribution is 2.04. The van der Waals surface area contributed by atoms with Crippen molar-refractivity contribution < 1.29 is 9.53 Å². The molecule has 0 radical (unpaired) electrons. The van der Waals surface area contributed by atoms with Crippen molar-refractivity contribution in [1.29, 1.82) is 0 Å². The molecule has 3 heteroatoms. The second kappa shape index (κ2) is 6.74. The molecule has 0 bridgehead atoms. The predicted molar refractivity (Wildman–Crippen MR) is 68.7 cm³/mol. The number of ether oxygens (including phenoxy) is 1. The Balaban J connectivity index is 2.37. The van der Waals surface area contributed by atoms with Gasteiger partial charge in [-0.1, -0.05) is 49.4 Å². The fraction of sp³-hybridized carbons (Fsp3) is 0.357. The Labute approximate surface area is 102 Å². The fourth-order valence-corrected chi connectivity index (χ4v) is 1.48. The van der Waals surface area contributed by atoms with E-state index >= 15 is 0 Å². The van der Waals surface area contributed by atoms with Crippen LogP contribution in [0.4, 0.5) is 4.79 Å². The van der Waals surface area contributed by atoms with E-state index in [1.165, 1.54) is 0 Å². The maximum absolute atomic E-state index is 11.5. The van der Waals surface area contributed by atoms with Crippen molar-refractivity contribution in [3.05, 3.63) is 48.0 Å². The number of nitrogens with one attached hydrogen (secondary N) is 1. The molecule has 0 aliphatic rings. The summed E-state index contributed by atoms with van der Waals surface area (Å²) in [4.78, 5) is 11.5. The first-order valence-corrected chi connectivity index (χ1v) is 5.76. The highest BCUT2D eigenvalue weighted by Gasteiger charge is 2.11. The smallest absolute Gasteiger partial charge is 0.407 e. The highest BCUT2D eigenvalue weighted by molar-refractivity contribution is 5.68. The number of rotatable bonds is 5. The number of carbonyl (C=O) groups excluding carboxylic acids is 1. The minimum absolute atomic E-state index is 0.0155. The summed E-state index contributed by atoms with van der Waals surface area (Å²) in [7, 11) is 0. The van der Waals surface area contributed by atoms with E-state index in [4.69, 9.17) is 4.74 Å². The lowest BCUT2D eigenvalue weighted by Crippen LogP contribution is -2.35. The van der Waals surface area contributed by atoms with E-state index in [2.05, 4.69) is 11.9 Å². The largest absolute Gasteiger partial charge is 0.445 e. The molecule has 1 amide bonds. The standard InChI is InChI=1S/C14H19NO2/c1-4-13(11(2)3)15-14(16)17-10-12-8-6-5-7-9-12/h5-9,13H,2,4,10H2,1,3H3,(H,15,16). The molecule has 0 heterocycles. The molecule has 1 N–H and O–H groups in total. The Kier molecular flexibility index (Phi) is 5.27. The summed E-state index contributed by atoms with van der Waals surface area (Å²) in [6, 6.07) is 9.58. The third-order valence-electron chi connectivity index (χ3n) is 2.51. The van der Waals surface area contributed by atoms with E-state index in [0.717, 1.165) is 17.6 Å². The molecule has 0 saturated carbocycles. The average Bonchev–Trinajstić information content (AvgIpc) is 2.34. The van der Waals surface area contributed by atoms with Crippen LogP contribution in [0.2, 0.25) is 0 Å². The maximum Gasteiger partial charge on any atom is 0.407 e. The van der Waals surface area contributed by atoms with E-state index in [1.54, 1.807) is 0 Å². The van der Waals surface area contributed by atoms with Gasteiger partial charge in [0, 0.05) is 0 Å². The molecule has 0 aliphatic heterocycles. The topological polar surface area (TPSA) is 38.3 Å². The molecule has 0 aliphatic carbocycles. The van der Waals surface area contributed by atoms with Crippen LogP contribution in [-0.2, 0) is 11.3 Å². The van der Waals surface area contributed by atoms with Crippen molar-refractivity contribution in [3.63, 3.8) is 0 Å². The van der Waals surface area contributed by atoms with Crippen LogP contribution >= 0.6 is 0 Å². The van der Waals surface area contributed by atoms with Crippen LogP contribution in [0.3, 0.4) is 0 Å². The summed E-state index contributed by atoms with van der Waals surface area (Å²) in [5.41, 5.74) is 1.91. The Morgan fingerprint density at radius 1 is 1.41 bits per heavy atom. The van der Waals surface area contributed by atoms with Crippen molar-refractivity contribution in [2.24, 2.45) is 0 Å². The van der Waals surface area contributed by atoms with E-state index in [1.807, 2.05) is 44.2 Å². The summed E-state index contributed by atoms with van der Waals surface area (Å²) in [5, 5.41) is 2.78. The number of carbonyl (C=O) groups is 1. The molecule has 1 aromatic carbocycles. The SMILES string of the molecule is C=C(C)C(CC)NC(=O)OCc1ccccc1. The van der Waals surface area contributed by atoms with Crippen LogP contribution in [0.25, 0.3) is 0 Å². The third kappa shape index (κ3) is 4.72. The van der Waals surface area contributed by atoms with Crippen molar-refractivity contribution in [2.75, 3.05) is 0 Å². The molecule has 1 unspecified atom stereocenters. The molecular weight excluding hydrogens is 214 g/mol. The van der Waals surface area contributed by atoms with Gasteiger partial charge in [-0.3, -0.25) is 0 Å². The number of benzene rings is 1. The number of hydrogen-bond donors (Lipinski definition) is 1. The van der Waals surface area contributed by atoms with Crippen LogP contribution in [0.15, 0.2) is 42.5 Å². The molecule has 0 fully saturated rings. The second-order valence-corrected chi connectivity index (χ2v) is 4.01. The van der Waals surface area contributed by atoms with E-state index in [-0.39, 0.29) is 6.04 Å². The van der Waals surface area contributed by atoms with Crippen molar-refractivity contribution in [1.82, 2.24) is 5.32 Å². The van der Waals surface area contributed by atoms with Crippen LogP contribution in [0.1, 0.15) is 25.8 Å². The Bertz CT molecular complexity index is 373. The third-order valence-corrected chi connectivity index (χ3v) is 2.51. The average molecular weight is 233 g/mol. The van der Waals surface area contributed by atoms with E-state index in [9.17, 15) is 4.79 Å². The Morgan fingerprint density at radius 3 is 2.59 bits per heavy atom. The van der Waals surface area contributed by atoms with Gasteiger partial charge in [-0.2, -0.15) is 0 Å². The monoisotopic (exact) mass is 233 g/mol. The summed E-state index contributed by atoms with van der Waals surface area (Å²) in [6.45, 7) is 8.01. The maximum atomic E-state index is 11.5. The summed E-state index contributed by atoms with van der Waals surface area (Å²) < 4.78 is 5.12. The quantitative estimate of drug-likeness (QED) is 0.793. The fourth-order valence-electron chi connectivity index (χ4n) is 1.48. The van der Waals surface area contributed by atoms with Crippen LogP contribution in [-0.4, -0.2) is 12.1 Å². The number of hydrogen-bond acceptors (Lipinski definition) is 2. The first kappa shape index (κ1) is 13.3. The summed E-state index contributed by atoms with van der Waals surface area (Å²) >= 11 is 0. The van der Waals surface area contributed by atoms with Gasteiger partial charge in [0.15, 0.2) is 0 Å². The van der Waals surface area contributed by atoms with Gasteiger partial charge in [-0.05, 0) is 18.9 Å². The van der Waals surface area contributed by atoms with Gasteiger partial charge in [-0.15, -0.1) is 0 Å². The van der Waals surface area contributed by atoms with Crippen LogP contribution in [0.5, 0.6) is 0 Å². The van der Waals surface area contributed by atoms with E-state index in [0.29, 0.717) is 6.61 Å². The van der Waals surface area contributed by atoms with Gasteiger partial charge >= 0.3 is 6.09 Å². The second-order valence-electron chi connectivity index (χ2n) is 4.01. The minimum Gasteiger partial charge on any atom is -0.445 e. The molecule has 0 saturated heterocycles. The molecule has 3 nitrogen and oxygen atoms in total. The van der Waals surface area contributed by atoms with Gasteiger partial charge in [0.2, 0.25) is 0 Å². The van der Waals surface area contributed by atoms with Crippen LogP contribution in [0, 0.1) is 0 Å². The number of alkyl carbamates (subject to hydrolysis) is 1. The van der Waals surface area contributed by atoms with Gasteiger partial charge in [-0.25, -0.2) is 4.79 Å². The molecule has 0 aromatic heterocycles. The molecule has 0 spiro atoms. The first-order valence-electron chi connectivity index (χ1n) is 5.76. The zero-order chi connectivity index (χ0) is 12.7. The zero-order valence-corrected chi connectivity index (χ0v) is 10.4. The van der Waals surface area contributed by atoms with Crippen molar-refractivity contribution in [2.45, 2.75) is 32.9 Å². The van der Waals surface area contributed by atoms with Gasteiger partial charge in [0.05, 0.1) is 6.04 Å². The van der Waals surface area contributed by atoms with E-state index < -0.39 is 6.09 Å². The molecule has 92 valence electrons. The minimum atomic E-state index is -0.399. The molecule has 1 rings (SSSR count). The van der Waals surface area contributed by atoms with Crippen molar-refractivity contribution in [3.8, 4) is 0 Å². The number of amides is 1. The predicted octanol–water partition coefficient (Wildman–Crippen LogP) is 3.27. The van der Waals surface area contributed by atoms with Gasteiger partial charge in [0.1, 0.15) is 6.61 Å². The Hall–Kier alpha value is -1.77. The van der Waals surface area contributed by atoms with Gasteiger partial charge < -0.3 is 10.1 Å². The zero-order valence-electron chi connectivity index (χ0n) is 10.4. The lowest BCUT2D eigenvalue weighted by Gasteiger charge is -2.16. The van der Waals surface area contributed by atoms with Crippen molar-refractivity contribution >= 4 is 6.09 Å². The molecule has 17 heavy (non-hydrogen) atoms. The molecular formula is C14H19NO2. The molecule has 1 atom stereocenters. The summed E-state index contributed by atoms with van der Waals surface area (Å²) in [6.07, 6.45) is 0.416. The first-order chi connectivity index (χ1) is 8.13. The Morgan fingerprint density at radius 2 is 2.06 bits per heavy atom. The highest BCUT2D eigenvalue weighted by atomic mass is 16.5. The molecule has 1 aromatic rings. The lowest BCUT2D eigenvalue weighted by atomic mass is 10.1. The summed E-state index contributed by atoms with van der Waals surface area (Å²) in [5.74, 6) is 0. The lowest BCUT2D eigenvalue weighted by molar-refractivity contribution is 0.137. The van der Waals surface area contributed by atoms with Gasteiger partial charge in [0.25, 0.3) is 0 Å².